The van der Waals surface area contributed by atoms with E-state index in [1.54, 1.807) is 12.1 Å². The van der Waals surface area contributed by atoms with Gasteiger partial charge in [0.1, 0.15) is 11.8 Å². The average Bonchev–Trinajstić information content (AvgIpc) is 2.79. The van der Waals surface area contributed by atoms with E-state index < -0.39 is 6.04 Å². The summed E-state index contributed by atoms with van der Waals surface area (Å²) in [5.41, 5.74) is 0.557. The van der Waals surface area contributed by atoms with E-state index in [4.69, 9.17) is 4.74 Å². The molecule has 1 aromatic rings. The van der Waals surface area contributed by atoms with Crippen LogP contribution < -0.4 is 10.1 Å². The first-order chi connectivity index (χ1) is 12.2. The van der Waals surface area contributed by atoms with E-state index in [0.717, 1.165) is 50.9 Å². The second-order valence-corrected chi connectivity index (χ2v) is 6.57. The predicted octanol–water partition coefficient (Wildman–Crippen LogP) is 3.39. The molecule has 1 aromatic carbocycles. The maximum Gasteiger partial charge on any atom is 0.251 e. The van der Waals surface area contributed by atoms with Crippen LogP contribution in [0.15, 0.2) is 24.3 Å². The van der Waals surface area contributed by atoms with Crippen LogP contribution in [0.1, 0.15) is 62.7 Å². The molecule has 25 heavy (non-hydrogen) atoms. The van der Waals surface area contributed by atoms with E-state index in [9.17, 15) is 9.59 Å². The molecule has 5 nitrogen and oxygen atoms in total. The SMILES string of the molecule is CCCCOc1ccc(C(=O)NC2CCCCN(CCC)C2=O)cc1. The number of hydrogen-bond acceptors (Lipinski definition) is 3. The summed E-state index contributed by atoms with van der Waals surface area (Å²) in [5, 5.41) is 2.91. The molecular weight excluding hydrogens is 316 g/mol. The zero-order valence-electron chi connectivity index (χ0n) is 15.4. The van der Waals surface area contributed by atoms with Crippen LogP contribution in [0.3, 0.4) is 0 Å². The third-order valence-electron chi connectivity index (χ3n) is 4.46. The summed E-state index contributed by atoms with van der Waals surface area (Å²) < 4.78 is 5.61. The molecule has 0 bridgehead atoms. The number of hydrogen-bond donors (Lipinski definition) is 1. The van der Waals surface area contributed by atoms with Gasteiger partial charge in [0.15, 0.2) is 0 Å². The van der Waals surface area contributed by atoms with Gasteiger partial charge in [0.2, 0.25) is 5.91 Å². The van der Waals surface area contributed by atoms with Gasteiger partial charge in [-0.15, -0.1) is 0 Å². The van der Waals surface area contributed by atoms with Crippen LogP contribution >= 0.6 is 0 Å². The van der Waals surface area contributed by atoms with E-state index in [1.165, 1.54) is 0 Å². The molecule has 0 saturated carbocycles. The van der Waals surface area contributed by atoms with E-state index in [0.29, 0.717) is 18.6 Å². The van der Waals surface area contributed by atoms with Crippen LogP contribution in [0, 0.1) is 0 Å². The lowest BCUT2D eigenvalue weighted by Crippen LogP contribution is -2.47. The average molecular weight is 346 g/mol. The van der Waals surface area contributed by atoms with Crippen molar-refractivity contribution in [2.75, 3.05) is 19.7 Å². The Hall–Kier alpha value is -2.04. The van der Waals surface area contributed by atoms with E-state index in [2.05, 4.69) is 19.2 Å². The topological polar surface area (TPSA) is 58.6 Å². The van der Waals surface area contributed by atoms with Gasteiger partial charge < -0.3 is 15.0 Å². The van der Waals surface area contributed by atoms with Crippen molar-refractivity contribution >= 4 is 11.8 Å². The van der Waals surface area contributed by atoms with Gasteiger partial charge in [0.05, 0.1) is 6.61 Å². The highest BCUT2D eigenvalue weighted by Gasteiger charge is 2.27. The zero-order chi connectivity index (χ0) is 18.1. The van der Waals surface area contributed by atoms with Gasteiger partial charge in [-0.2, -0.15) is 0 Å². The third kappa shape index (κ3) is 5.76. The molecule has 0 radical (unpaired) electrons. The molecule has 1 atom stereocenters. The number of carbonyl (C=O) groups is 2. The molecule has 2 rings (SSSR count). The Morgan fingerprint density at radius 3 is 2.64 bits per heavy atom. The minimum Gasteiger partial charge on any atom is -0.494 e. The number of rotatable bonds is 8. The Balaban J connectivity index is 1.94. The lowest BCUT2D eigenvalue weighted by Gasteiger charge is -2.24. The summed E-state index contributed by atoms with van der Waals surface area (Å²) in [5.74, 6) is 0.619. The summed E-state index contributed by atoms with van der Waals surface area (Å²) >= 11 is 0. The molecule has 0 aromatic heterocycles. The number of ether oxygens (including phenoxy) is 1. The molecule has 1 aliphatic heterocycles. The Morgan fingerprint density at radius 1 is 1.20 bits per heavy atom. The number of nitrogens with zero attached hydrogens (tertiary/aromatic N) is 1. The van der Waals surface area contributed by atoms with Crippen molar-refractivity contribution in [1.82, 2.24) is 10.2 Å². The van der Waals surface area contributed by atoms with Crippen LogP contribution in [0.4, 0.5) is 0 Å². The number of nitrogens with one attached hydrogen (secondary N) is 1. The molecule has 1 aliphatic rings. The molecule has 1 saturated heterocycles. The van der Waals surface area contributed by atoms with Gasteiger partial charge in [-0.3, -0.25) is 9.59 Å². The molecule has 1 unspecified atom stereocenters. The molecule has 1 heterocycles. The largest absolute Gasteiger partial charge is 0.494 e. The molecule has 0 aliphatic carbocycles. The van der Waals surface area contributed by atoms with Crippen molar-refractivity contribution in [3.05, 3.63) is 29.8 Å². The fourth-order valence-electron chi connectivity index (χ4n) is 3.01. The molecule has 1 fully saturated rings. The van der Waals surface area contributed by atoms with Gasteiger partial charge in [0, 0.05) is 18.7 Å². The Morgan fingerprint density at radius 2 is 1.96 bits per heavy atom. The summed E-state index contributed by atoms with van der Waals surface area (Å²) in [4.78, 5) is 27.0. The van der Waals surface area contributed by atoms with Gasteiger partial charge in [-0.25, -0.2) is 0 Å². The third-order valence-corrected chi connectivity index (χ3v) is 4.46. The predicted molar refractivity (Wildman–Crippen MR) is 98.8 cm³/mol. The van der Waals surface area contributed by atoms with Crippen molar-refractivity contribution in [3.8, 4) is 5.75 Å². The van der Waals surface area contributed by atoms with Crippen molar-refractivity contribution in [2.24, 2.45) is 0 Å². The van der Waals surface area contributed by atoms with E-state index in [-0.39, 0.29) is 11.8 Å². The first-order valence-corrected chi connectivity index (χ1v) is 9.48. The highest BCUT2D eigenvalue weighted by molar-refractivity contribution is 5.97. The fourth-order valence-corrected chi connectivity index (χ4v) is 3.01. The Bertz CT molecular complexity index is 557. The lowest BCUT2D eigenvalue weighted by molar-refractivity contribution is -0.132. The first kappa shape index (κ1) is 19.3. The normalized spacial score (nSPS) is 17.9. The van der Waals surface area contributed by atoms with Crippen LogP contribution in [0.5, 0.6) is 5.75 Å². The highest BCUT2D eigenvalue weighted by Crippen LogP contribution is 2.15. The van der Waals surface area contributed by atoms with Crippen molar-refractivity contribution in [2.45, 2.75) is 58.4 Å². The Kier molecular flexibility index (Phi) is 7.76. The molecule has 138 valence electrons. The second-order valence-electron chi connectivity index (χ2n) is 6.57. The number of amides is 2. The van der Waals surface area contributed by atoms with Crippen LogP contribution in [0.25, 0.3) is 0 Å². The van der Waals surface area contributed by atoms with Crippen LogP contribution in [0.2, 0.25) is 0 Å². The summed E-state index contributed by atoms with van der Waals surface area (Å²) in [7, 11) is 0. The summed E-state index contributed by atoms with van der Waals surface area (Å²) in [6, 6.07) is 6.71. The number of likely N-dealkylation sites (tertiary alicyclic amines) is 1. The van der Waals surface area contributed by atoms with Gasteiger partial charge in [0.25, 0.3) is 5.91 Å². The van der Waals surface area contributed by atoms with Gasteiger partial charge in [-0.05, 0) is 56.4 Å². The zero-order valence-corrected chi connectivity index (χ0v) is 15.4. The minimum absolute atomic E-state index is 0.0484. The second kappa shape index (κ2) is 10.1. The van der Waals surface area contributed by atoms with Gasteiger partial charge >= 0.3 is 0 Å². The summed E-state index contributed by atoms with van der Waals surface area (Å²) in [6.07, 6.45) is 5.71. The standard InChI is InChI=1S/C20H30N2O3/c1-3-5-15-25-17-11-9-16(10-12-17)19(23)21-18-8-6-7-14-22(13-4-2)20(18)24/h9-12,18H,3-8,13-15H2,1-2H3,(H,21,23). The molecule has 5 heteroatoms. The highest BCUT2D eigenvalue weighted by atomic mass is 16.5. The number of carbonyl (C=O) groups excluding carboxylic acids is 2. The molecule has 1 N–H and O–H groups in total. The van der Waals surface area contributed by atoms with E-state index >= 15 is 0 Å². The first-order valence-electron chi connectivity index (χ1n) is 9.48. The van der Waals surface area contributed by atoms with Crippen molar-refractivity contribution in [3.63, 3.8) is 0 Å². The maximum absolute atomic E-state index is 12.6. The van der Waals surface area contributed by atoms with Crippen LogP contribution in [-0.2, 0) is 4.79 Å². The number of benzene rings is 1. The smallest absolute Gasteiger partial charge is 0.251 e. The van der Waals surface area contributed by atoms with Crippen molar-refractivity contribution < 1.29 is 14.3 Å². The molecule has 2 amide bonds. The fraction of sp³-hybridized carbons (Fsp3) is 0.600. The maximum atomic E-state index is 12.6. The molecule has 0 spiro atoms. The van der Waals surface area contributed by atoms with Crippen molar-refractivity contribution in [1.29, 1.82) is 0 Å². The molecular formula is C20H30N2O3. The van der Waals surface area contributed by atoms with E-state index in [1.807, 2.05) is 17.0 Å². The van der Waals surface area contributed by atoms with Gasteiger partial charge in [-0.1, -0.05) is 20.3 Å². The lowest BCUT2D eigenvalue weighted by atomic mass is 10.1. The minimum atomic E-state index is -0.415. The quantitative estimate of drug-likeness (QED) is 0.734. The monoisotopic (exact) mass is 346 g/mol. The van der Waals surface area contributed by atoms with Crippen LogP contribution in [-0.4, -0.2) is 42.5 Å². The Labute approximate surface area is 150 Å². The number of unbranched alkanes of at least 4 members (excludes halogenated alkanes) is 1. The summed E-state index contributed by atoms with van der Waals surface area (Å²) in [6.45, 7) is 6.42.